The van der Waals surface area contributed by atoms with Gasteiger partial charge in [0.1, 0.15) is 5.76 Å². The van der Waals surface area contributed by atoms with Crippen molar-refractivity contribution in [1.29, 1.82) is 0 Å². The minimum atomic E-state index is -0.351. The third-order valence-electron chi connectivity index (χ3n) is 2.91. The molecule has 0 aliphatic rings. The number of hydrogen-bond donors (Lipinski definition) is 2. The molecule has 0 aliphatic heterocycles. The Morgan fingerprint density at radius 1 is 1.40 bits per heavy atom. The molecule has 1 amide bonds. The molecule has 0 aliphatic carbocycles. The van der Waals surface area contributed by atoms with Crippen molar-refractivity contribution < 1.29 is 9.21 Å². The van der Waals surface area contributed by atoms with Gasteiger partial charge in [-0.1, -0.05) is 6.07 Å². The molecule has 2 heterocycles. The van der Waals surface area contributed by atoms with Crippen LogP contribution in [0.3, 0.4) is 0 Å². The lowest BCUT2D eigenvalue weighted by Crippen LogP contribution is -2.31. The summed E-state index contributed by atoms with van der Waals surface area (Å²) in [4.78, 5) is 18.0. The van der Waals surface area contributed by atoms with Crippen molar-refractivity contribution in [3.63, 3.8) is 0 Å². The lowest BCUT2D eigenvalue weighted by atomic mass is 10.2. The minimum absolute atomic E-state index is 0.351. The number of nitrogens with two attached hydrogens (primary N) is 1. The number of hydrazine groups is 1. The normalized spacial score (nSPS) is 10.8. The summed E-state index contributed by atoms with van der Waals surface area (Å²) >= 11 is 0. The molecule has 0 aromatic carbocycles. The summed E-state index contributed by atoms with van der Waals surface area (Å²) in [6.07, 6.45) is 1.48. The van der Waals surface area contributed by atoms with Crippen LogP contribution >= 0.6 is 0 Å². The van der Waals surface area contributed by atoms with Gasteiger partial charge in [0, 0.05) is 12.2 Å². The van der Waals surface area contributed by atoms with Gasteiger partial charge in [-0.3, -0.25) is 20.1 Å². The predicted octanol–water partition coefficient (Wildman–Crippen LogP) is 1.22. The van der Waals surface area contributed by atoms with E-state index >= 15 is 0 Å². The van der Waals surface area contributed by atoms with E-state index in [0.29, 0.717) is 24.4 Å². The van der Waals surface area contributed by atoms with E-state index in [-0.39, 0.29) is 5.91 Å². The molecule has 106 valence electrons. The topological polar surface area (TPSA) is 84.4 Å². The van der Waals surface area contributed by atoms with E-state index in [9.17, 15) is 4.79 Å². The highest BCUT2D eigenvalue weighted by Gasteiger charge is 2.15. The number of hydrogen-bond acceptors (Lipinski definition) is 5. The van der Waals surface area contributed by atoms with Crippen molar-refractivity contribution in [1.82, 2.24) is 15.3 Å². The fourth-order valence-corrected chi connectivity index (χ4v) is 2.01. The number of nitrogen functional groups attached to an aromatic ring is 1. The summed E-state index contributed by atoms with van der Waals surface area (Å²) in [7, 11) is 1.94. The van der Waals surface area contributed by atoms with Crippen molar-refractivity contribution in [2.75, 3.05) is 7.05 Å². The number of rotatable bonds is 5. The molecule has 0 fully saturated rings. The van der Waals surface area contributed by atoms with E-state index in [0.717, 1.165) is 11.4 Å². The van der Waals surface area contributed by atoms with E-state index in [1.54, 1.807) is 6.07 Å². The number of amides is 1. The van der Waals surface area contributed by atoms with Gasteiger partial charge in [-0.2, -0.15) is 0 Å². The SMILES string of the molecule is Cc1cccc(CN(C)Cc2occc2C(=O)NN)n1. The highest BCUT2D eigenvalue weighted by Crippen LogP contribution is 2.13. The van der Waals surface area contributed by atoms with Crippen molar-refractivity contribution in [2.24, 2.45) is 5.84 Å². The zero-order valence-corrected chi connectivity index (χ0v) is 11.6. The molecule has 0 radical (unpaired) electrons. The molecule has 0 atom stereocenters. The third kappa shape index (κ3) is 3.43. The van der Waals surface area contributed by atoms with E-state index in [4.69, 9.17) is 10.3 Å². The first-order chi connectivity index (χ1) is 9.60. The summed E-state index contributed by atoms with van der Waals surface area (Å²) in [5.41, 5.74) is 4.52. The Morgan fingerprint density at radius 3 is 2.90 bits per heavy atom. The van der Waals surface area contributed by atoms with Gasteiger partial charge in [0.05, 0.1) is 24.1 Å². The standard InChI is InChI=1S/C14H18N4O2/c1-10-4-3-5-11(16-10)8-18(2)9-13-12(6-7-20-13)14(19)17-15/h3-7H,8-9,15H2,1-2H3,(H,17,19). The van der Waals surface area contributed by atoms with Crippen LogP contribution in [0.4, 0.5) is 0 Å². The van der Waals surface area contributed by atoms with Crippen molar-refractivity contribution >= 4 is 5.91 Å². The highest BCUT2D eigenvalue weighted by atomic mass is 16.3. The number of nitrogens with one attached hydrogen (secondary N) is 1. The van der Waals surface area contributed by atoms with Crippen molar-refractivity contribution in [3.8, 4) is 0 Å². The van der Waals surface area contributed by atoms with Gasteiger partial charge in [-0.05, 0) is 32.2 Å². The number of carbonyl (C=O) groups is 1. The molecule has 0 saturated carbocycles. The van der Waals surface area contributed by atoms with E-state index < -0.39 is 0 Å². The molecule has 2 aromatic heterocycles. The predicted molar refractivity (Wildman–Crippen MR) is 74.5 cm³/mol. The lowest BCUT2D eigenvalue weighted by Gasteiger charge is -2.15. The van der Waals surface area contributed by atoms with Crippen LogP contribution in [0.5, 0.6) is 0 Å². The van der Waals surface area contributed by atoms with E-state index in [2.05, 4.69) is 10.4 Å². The minimum Gasteiger partial charge on any atom is -0.467 e. The molecule has 3 N–H and O–H groups in total. The second-order valence-corrected chi connectivity index (χ2v) is 4.67. The largest absolute Gasteiger partial charge is 0.467 e. The summed E-state index contributed by atoms with van der Waals surface area (Å²) in [5, 5.41) is 0. The monoisotopic (exact) mass is 274 g/mol. The van der Waals surface area contributed by atoms with E-state index in [1.165, 1.54) is 6.26 Å². The Hall–Kier alpha value is -2.18. The average Bonchev–Trinajstić information content (AvgIpc) is 2.85. The molecule has 2 aromatic rings. The Labute approximate surface area is 117 Å². The average molecular weight is 274 g/mol. The molecule has 0 bridgehead atoms. The zero-order chi connectivity index (χ0) is 14.5. The van der Waals surface area contributed by atoms with Gasteiger partial charge in [0.25, 0.3) is 5.91 Å². The first-order valence-electron chi connectivity index (χ1n) is 6.28. The number of aryl methyl sites for hydroxylation is 1. The van der Waals surface area contributed by atoms with Crippen LogP contribution in [0.1, 0.15) is 27.5 Å². The van der Waals surface area contributed by atoms with Crippen LogP contribution in [0.15, 0.2) is 34.9 Å². The molecule has 20 heavy (non-hydrogen) atoms. The molecular weight excluding hydrogens is 256 g/mol. The Balaban J connectivity index is 2.03. The van der Waals surface area contributed by atoms with Crippen LogP contribution in [0.25, 0.3) is 0 Å². The summed E-state index contributed by atoms with van der Waals surface area (Å²) in [6.45, 7) is 3.14. The van der Waals surface area contributed by atoms with Gasteiger partial charge < -0.3 is 4.42 Å². The number of nitrogens with zero attached hydrogens (tertiary/aromatic N) is 2. The quantitative estimate of drug-likeness (QED) is 0.486. The molecule has 2 rings (SSSR count). The smallest absolute Gasteiger partial charge is 0.268 e. The Morgan fingerprint density at radius 2 is 2.20 bits per heavy atom. The third-order valence-corrected chi connectivity index (χ3v) is 2.91. The molecule has 0 unspecified atom stereocenters. The summed E-state index contributed by atoms with van der Waals surface area (Å²) < 4.78 is 5.34. The molecule has 0 spiro atoms. The molecule has 6 heteroatoms. The summed E-state index contributed by atoms with van der Waals surface area (Å²) in [5.74, 6) is 5.37. The fraction of sp³-hybridized carbons (Fsp3) is 0.286. The molecule has 0 saturated heterocycles. The van der Waals surface area contributed by atoms with Gasteiger partial charge in [0.2, 0.25) is 0 Å². The second-order valence-electron chi connectivity index (χ2n) is 4.67. The maximum Gasteiger partial charge on any atom is 0.268 e. The Kier molecular flexibility index (Phi) is 4.49. The molecular formula is C14H18N4O2. The number of aromatic nitrogens is 1. The first-order valence-corrected chi connectivity index (χ1v) is 6.28. The maximum absolute atomic E-state index is 11.6. The number of carbonyl (C=O) groups excluding carboxylic acids is 1. The first kappa shape index (κ1) is 14.2. The maximum atomic E-state index is 11.6. The van der Waals surface area contributed by atoms with Gasteiger partial charge >= 0.3 is 0 Å². The molecule has 6 nitrogen and oxygen atoms in total. The lowest BCUT2D eigenvalue weighted by molar-refractivity contribution is 0.0950. The van der Waals surface area contributed by atoms with Gasteiger partial charge in [-0.15, -0.1) is 0 Å². The second kappa shape index (κ2) is 6.31. The number of pyridine rings is 1. The van der Waals surface area contributed by atoms with Crippen molar-refractivity contribution in [3.05, 3.63) is 53.2 Å². The summed E-state index contributed by atoms with van der Waals surface area (Å²) in [6, 6.07) is 7.51. The van der Waals surface area contributed by atoms with Gasteiger partial charge in [0.15, 0.2) is 0 Å². The van der Waals surface area contributed by atoms with Crippen LogP contribution in [0.2, 0.25) is 0 Å². The van der Waals surface area contributed by atoms with Crippen molar-refractivity contribution in [2.45, 2.75) is 20.0 Å². The fourth-order valence-electron chi connectivity index (χ4n) is 2.01. The highest BCUT2D eigenvalue weighted by molar-refractivity contribution is 5.94. The van der Waals surface area contributed by atoms with Gasteiger partial charge in [-0.25, -0.2) is 5.84 Å². The van der Waals surface area contributed by atoms with Crippen LogP contribution < -0.4 is 11.3 Å². The number of furan rings is 1. The Bertz CT molecular complexity index is 594. The van der Waals surface area contributed by atoms with Crippen LogP contribution in [-0.4, -0.2) is 22.8 Å². The zero-order valence-electron chi connectivity index (χ0n) is 11.6. The van der Waals surface area contributed by atoms with Crippen LogP contribution in [-0.2, 0) is 13.1 Å². The van der Waals surface area contributed by atoms with E-state index in [1.807, 2.05) is 37.1 Å². The van der Waals surface area contributed by atoms with Crippen LogP contribution in [0, 0.1) is 6.92 Å².